The summed E-state index contributed by atoms with van der Waals surface area (Å²) in [6.45, 7) is 5.98. The lowest BCUT2D eigenvalue weighted by atomic mass is 9.86. The molecule has 2 N–H and O–H groups in total. The summed E-state index contributed by atoms with van der Waals surface area (Å²) in [5, 5.41) is 6.33. The molecule has 0 aromatic heterocycles. The number of esters is 1. The molecule has 2 aromatic carbocycles. The highest BCUT2D eigenvalue weighted by Crippen LogP contribution is 2.26. The van der Waals surface area contributed by atoms with E-state index in [0.29, 0.717) is 17.2 Å². The molecular weight excluding hydrogens is 364 g/mol. The van der Waals surface area contributed by atoms with E-state index in [4.69, 9.17) is 4.74 Å². The Labute approximate surface area is 172 Å². The van der Waals surface area contributed by atoms with Gasteiger partial charge < -0.3 is 15.4 Å². The number of nitrogens with one attached hydrogen (secondary N) is 2. The van der Waals surface area contributed by atoms with Gasteiger partial charge in [-0.2, -0.15) is 0 Å². The molecule has 0 radical (unpaired) electrons. The minimum absolute atomic E-state index is 0.174. The molecule has 154 valence electrons. The third kappa shape index (κ3) is 5.37. The number of amides is 1. The summed E-state index contributed by atoms with van der Waals surface area (Å²) < 4.78 is 5.31. The maximum absolute atomic E-state index is 12.6. The number of ether oxygens (including phenoxy) is 1. The molecule has 0 heterocycles. The van der Waals surface area contributed by atoms with E-state index < -0.39 is 5.97 Å². The topological polar surface area (TPSA) is 67.4 Å². The lowest BCUT2D eigenvalue weighted by molar-refractivity contribution is -0.125. The van der Waals surface area contributed by atoms with Crippen LogP contribution in [-0.4, -0.2) is 24.5 Å². The molecular formula is C24H30N2O3. The molecule has 1 aliphatic carbocycles. The molecule has 5 nitrogen and oxygen atoms in total. The molecule has 1 amide bonds. The van der Waals surface area contributed by atoms with E-state index in [2.05, 4.69) is 17.6 Å². The normalized spacial score (nSPS) is 18.7. The number of benzene rings is 2. The molecule has 2 aromatic rings. The minimum atomic E-state index is -0.509. The second-order valence-corrected chi connectivity index (χ2v) is 7.93. The fraction of sp³-hybridized carbons (Fsp3) is 0.417. The van der Waals surface area contributed by atoms with E-state index in [1.165, 1.54) is 12.0 Å². The van der Waals surface area contributed by atoms with Crippen LogP contribution in [-0.2, 0) is 9.53 Å². The molecule has 0 spiro atoms. The van der Waals surface area contributed by atoms with Crippen molar-refractivity contribution in [1.82, 2.24) is 5.32 Å². The molecule has 29 heavy (non-hydrogen) atoms. The molecule has 2 atom stereocenters. The van der Waals surface area contributed by atoms with Gasteiger partial charge in [0, 0.05) is 11.7 Å². The molecule has 5 heteroatoms. The van der Waals surface area contributed by atoms with Gasteiger partial charge >= 0.3 is 5.97 Å². The highest BCUT2D eigenvalue weighted by molar-refractivity contribution is 5.97. The molecule has 1 saturated carbocycles. The Kier molecular flexibility index (Phi) is 6.91. The van der Waals surface area contributed by atoms with E-state index in [0.717, 1.165) is 30.5 Å². The molecule has 3 rings (SSSR count). The van der Waals surface area contributed by atoms with Gasteiger partial charge in [0.25, 0.3) is 5.91 Å². The Morgan fingerprint density at radius 1 is 1.00 bits per heavy atom. The van der Waals surface area contributed by atoms with Crippen molar-refractivity contribution in [3.63, 3.8) is 0 Å². The van der Waals surface area contributed by atoms with E-state index in [9.17, 15) is 9.59 Å². The van der Waals surface area contributed by atoms with Crippen molar-refractivity contribution in [3.05, 3.63) is 59.2 Å². The molecule has 0 unspecified atom stereocenters. The van der Waals surface area contributed by atoms with Gasteiger partial charge in [0.15, 0.2) is 6.61 Å². The Morgan fingerprint density at radius 2 is 1.72 bits per heavy atom. The van der Waals surface area contributed by atoms with Crippen LogP contribution >= 0.6 is 0 Å². The van der Waals surface area contributed by atoms with E-state index in [1.807, 2.05) is 44.2 Å². The van der Waals surface area contributed by atoms with Crippen LogP contribution in [0.4, 0.5) is 11.4 Å². The third-order valence-corrected chi connectivity index (χ3v) is 5.81. The summed E-state index contributed by atoms with van der Waals surface area (Å²) in [6.07, 6.45) is 4.46. The van der Waals surface area contributed by atoms with Crippen molar-refractivity contribution >= 4 is 23.3 Å². The smallest absolute Gasteiger partial charge is 0.340 e. The highest BCUT2D eigenvalue weighted by atomic mass is 16.5. The molecule has 1 aliphatic rings. The summed E-state index contributed by atoms with van der Waals surface area (Å²) >= 11 is 0. The van der Waals surface area contributed by atoms with Crippen LogP contribution in [0.5, 0.6) is 0 Å². The SMILES string of the molecule is Cc1cccc(Nc2ccccc2C(=O)OCC(=O)N[C@@H]2CCCC[C@@H]2C)c1C. The Morgan fingerprint density at radius 3 is 2.52 bits per heavy atom. The summed E-state index contributed by atoms with van der Waals surface area (Å²) in [4.78, 5) is 24.9. The van der Waals surface area contributed by atoms with Gasteiger partial charge in [0.1, 0.15) is 0 Å². The van der Waals surface area contributed by atoms with E-state index >= 15 is 0 Å². The number of carbonyl (C=O) groups is 2. The molecule has 0 aliphatic heterocycles. The average Bonchev–Trinajstić information content (AvgIpc) is 2.72. The van der Waals surface area contributed by atoms with Crippen LogP contribution in [0.3, 0.4) is 0 Å². The zero-order valence-electron chi connectivity index (χ0n) is 17.5. The number of rotatable bonds is 6. The Bertz CT molecular complexity index is 878. The van der Waals surface area contributed by atoms with Gasteiger partial charge in [-0.05, 0) is 61.9 Å². The largest absolute Gasteiger partial charge is 0.452 e. The first-order chi connectivity index (χ1) is 14.0. The minimum Gasteiger partial charge on any atom is -0.452 e. The van der Waals surface area contributed by atoms with Crippen molar-refractivity contribution in [3.8, 4) is 0 Å². The Hall–Kier alpha value is -2.82. The maximum Gasteiger partial charge on any atom is 0.340 e. The van der Waals surface area contributed by atoms with Crippen molar-refractivity contribution < 1.29 is 14.3 Å². The molecule has 1 fully saturated rings. The number of para-hydroxylation sites is 1. The van der Waals surface area contributed by atoms with Gasteiger partial charge in [0.05, 0.1) is 11.3 Å². The number of hydrogen-bond acceptors (Lipinski definition) is 4. The lowest BCUT2D eigenvalue weighted by Gasteiger charge is -2.29. The summed E-state index contributed by atoms with van der Waals surface area (Å²) in [5.74, 6) is -0.284. The lowest BCUT2D eigenvalue weighted by Crippen LogP contribution is -2.42. The van der Waals surface area contributed by atoms with Gasteiger partial charge in [0.2, 0.25) is 0 Å². The average molecular weight is 395 g/mol. The Balaban J connectivity index is 1.62. The fourth-order valence-electron chi connectivity index (χ4n) is 3.79. The van der Waals surface area contributed by atoms with Crippen LogP contribution < -0.4 is 10.6 Å². The quantitative estimate of drug-likeness (QED) is 0.684. The molecule has 0 saturated heterocycles. The van der Waals surface area contributed by atoms with Crippen LogP contribution in [0.25, 0.3) is 0 Å². The number of carbonyl (C=O) groups excluding carboxylic acids is 2. The van der Waals surface area contributed by atoms with Crippen molar-refractivity contribution in [1.29, 1.82) is 0 Å². The van der Waals surface area contributed by atoms with Gasteiger partial charge in [-0.3, -0.25) is 4.79 Å². The first kappa shape index (κ1) is 20.9. The molecule has 0 bridgehead atoms. The second kappa shape index (κ2) is 9.59. The predicted octanol–water partition coefficient (Wildman–Crippen LogP) is 4.90. The standard InChI is InChI=1S/C24H30N2O3/c1-16-10-8-14-21(18(16)3)25-22-13-7-5-11-19(22)24(28)29-15-23(27)26-20-12-6-4-9-17(20)2/h5,7-8,10-11,13-14,17,20,25H,4,6,9,12,15H2,1-3H3,(H,26,27)/t17-,20+/m0/s1. The van der Waals surface area contributed by atoms with Gasteiger partial charge in [-0.25, -0.2) is 4.79 Å². The van der Waals surface area contributed by atoms with Gasteiger partial charge in [-0.15, -0.1) is 0 Å². The van der Waals surface area contributed by atoms with Crippen molar-refractivity contribution in [2.75, 3.05) is 11.9 Å². The fourth-order valence-corrected chi connectivity index (χ4v) is 3.79. The van der Waals surface area contributed by atoms with Crippen LogP contribution in [0.15, 0.2) is 42.5 Å². The monoisotopic (exact) mass is 394 g/mol. The van der Waals surface area contributed by atoms with Crippen molar-refractivity contribution in [2.24, 2.45) is 5.92 Å². The summed E-state index contributed by atoms with van der Waals surface area (Å²) in [6, 6.07) is 13.4. The first-order valence-corrected chi connectivity index (χ1v) is 10.3. The summed E-state index contributed by atoms with van der Waals surface area (Å²) in [5.41, 5.74) is 4.30. The zero-order valence-corrected chi connectivity index (χ0v) is 17.5. The van der Waals surface area contributed by atoms with Crippen LogP contribution in [0.1, 0.15) is 54.1 Å². The first-order valence-electron chi connectivity index (χ1n) is 10.3. The van der Waals surface area contributed by atoms with E-state index in [-0.39, 0.29) is 18.6 Å². The highest BCUT2D eigenvalue weighted by Gasteiger charge is 2.23. The number of anilines is 2. The van der Waals surface area contributed by atoms with Crippen LogP contribution in [0.2, 0.25) is 0 Å². The maximum atomic E-state index is 12.6. The zero-order chi connectivity index (χ0) is 20.8. The van der Waals surface area contributed by atoms with Crippen LogP contribution in [0, 0.1) is 19.8 Å². The third-order valence-electron chi connectivity index (χ3n) is 5.81. The number of hydrogen-bond donors (Lipinski definition) is 2. The second-order valence-electron chi connectivity index (χ2n) is 7.93. The summed E-state index contributed by atoms with van der Waals surface area (Å²) in [7, 11) is 0. The number of aryl methyl sites for hydroxylation is 1. The predicted molar refractivity (Wildman–Crippen MR) is 115 cm³/mol. The van der Waals surface area contributed by atoms with Gasteiger partial charge in [-0.1, -0.05) is 44.0 Å². The van der Waals surface area contributed by atoms with Crippen molar-refractivity contribution in [2.45, 2.75) is 52.5 Å². The van der Waals surface area contributed by atoms with E-state index in [1.54, 1.807) is 12.1 Å².